The molecule has 0 fully saturated rings. The Hall–Kier alpha value is -3.35. The van der Waals surface area contributed by atoms with Crippen LogP contribution in [-0.2, 0) is 17.6 Å². The van der Waals surface area contributed by atoms with Crippen molar-refractivity contribution in [2.45, 2.75) is 12.8 Å². The Bertz CT molecular complexity index is 892. The highest BCUT2D eigenvalue weighted by molar-refractivity contribution is 5.90. The second kappa shape index (κ2) is 6.64. The molecule has 1 aliphatic rings. The van der Waals surface area contributed by atoms with Crippen molar-refractivity contribution in [3.05, 3.63) is 65.5 Å². The van der Waals surface area contributed by atoms with Crippen LogP contribution in [0.4, 0.5) is 5.95 Å². The molecule has 1 aromatic heterocycles. The highest BCUT2D eigenvalue weighted by atomic mass is 16.7. The van der Waals surface area contributed by atoms with Gasteiger partial charge in [0.1, 0.15) is 5.82 Å². The predicted molar refractivity (Wildman–Crippen MR) is 90.5 cm³/mol. The Morgan fingerprint density at radius 3 is 2.80 bits per heavy atom. The van der Waals surface area contributed by atoms with E-state index in [9.17, 15) is 4.79 Å². The van der Waals surface area contributed by atoms with Gasteiger partial charge < -0.3 is 9.47 Å². The molecule has 0 bridgehead atoms. The maximum Gasteiger partial charge on any atom is 0.248 e. The number of rotatable bonds is 5. The third-order valence-corrected chi connectivity index (χ3v) is 3.80. The number of fused-ring (bicyclic) bond motifs is 1. The summed E-state index contributed by atoms with van der Waals surface area (Å²) >= 11 is 0. The first kappa shape index (κ1) is 15.2. The average Bonchev–Trinajstić information content (AvgIpc) is 3.24. The number of ether oxygens (including phenoxy) is 2. The van der Waals surface area contributed by atoms with Crippen LogP contribution in [0.3, 0.4) is 0 Å². The fourth-order valence-corrected chi connectivity index (χ4v) is 2.62. The van der Waals surface area contributed by atoms with E-state index < -0.39 is 0 Å². The quantitative estimate of drug-likeness (QED) is 0.746. The molecule has 2 heterocycles. The zero-order chi connectivity index (χ0) is 17.1. The Morgan fingerprint density at radius 1 is 1.08 bits per heavy atom. The summed E-state index contributed by atoms with van der Waals surface area (Å²) in [6.45, 7) is 0.215. The molecule has 1 amide bonds. The second-order valence-corrected chi connectivity index (χ2v) is 5.68. The first-order chi connectivity index (χ1) is 12.3. The van der Waals surface area contributed by atoms with Crippen LogP contribution >= 0.6 is 0 Å². The van der Waals surface area contributed by atoms with Crippen molar-refractivity contribution in [1.82, 2.24) is 15.2 Å². The number of carbonyl (C=O) groups excluding carboxylic acids is 1. The number of nitrogens with one attached hydrogen (secondary N) is 2. The molecule has 0 aliphatic carbocycles. The maximum atomic E-state index is 12.2. The van der Waals surface area contributed by atoms with Crippen molar-refractivity contribution >= 4 is 11.9 Å². The van der Waals surface area contributed by atoms with Gasteiger partial charge in [0.25, 0.3) is 0 Å². The van der Waals surface area contributed by atoms with Crippen LogP contribution in [0.1, 0.15) is 17.0 Å². The van der Waals surface area contributed by atoms with E-state index in [1.165, 1.54) is 0 Å². The van der Waals surface area contributed by atoms with E-state index in [0.717, 1.165) is 11.1 Å². The van der Waals surface area contributed by atoms with Gasteiger partial charge >= 0.3 is 0 Å². The van der Waals surface area contributed by atoms with Crippen molar-refractivity contribution in [1.29, 1.82) is 0 Å². The molecular weight excluding hydrogens is 320 g/mol. The van der Waals surface area contributed by atoms with Crippen molar-refractivity contribution < 1.29 is 14.3 Å². The van der Waals surface area contributed by atoms with Gasteiger partial charge in [0.05, 0.1) is 6.42 Å². The number of carbonyl (C=O) groups is 1. The monoisotopic (exact) mass is 336 g/mol. The number of benzene rings is 2. The summed E-state index contributed by atoms with van der Waals surface area (Å²) in [5, 5.41) is 9.58. The molecule has 7 nitrogen and oxygen atoms in total. The summed E-state index contributed by atoms with van der Waals surface area (Å²) in [4.78, 5) is 16.5. The molecule has 2 N–H and O–H groups in total. The van der Waals surface area contributed by atoms with Crippen LogP contribution in [-0.4, -0.2) is 27.9 Å². The summed E-state index contributed by atoms with van der Waals surface area (Å²) in [5.41, 5.74) is 1.96. The first-order valence-corrected chi connectivity index (χ1v) is 7.90. The van der Waals surface area contributed by atoms with Crippen molar-refractivity contribution in [2.75, 3.05) is 12.1 Å². The maximum absolute atomic E-state index is 12.2. The molecule has 0 spiro atoms. The lowest BCUT2D eigenvalue weighted by Crippen LogP contribution is -2.15. The van der Waals surface area contributed by atoms with Crippen LogP contribution in [0.25, 0.3) is 0 Å². The van der Waals surface area contributed by atoms with Crippen molar-refractivity contribution in [3.63, 3.8) is 0 Å². The minimum absolute atomic E-state index is 0.191. The van der Waals surface area contributed by atoms with E-state index in [0.29, 0.717) is 23.7 Å². The van der Waals surface area contributed by atoms with Crippen LogP contribution < -0.4 is 14.8 Å². The molecular formula is C18H16N4O3. The fourth-order valence-electron chi connectivity index (χ4n) is 2.62. The number of nitrogens with zero attached hydrogens (tertiary/aromatic N) is 2. The third-order valence-electron chi connectivity index (χ3n) is 3.80. The number of aromatic amines is 1. The first-order valence-electron chi connectivity index (χ1n) is 7.90. The molecule has 0 saturated carbocycles. The van der Waals surface area contributed by atoms with E-state index >= 15 is 0 Å². The van der Waals surface area contributed by atoms with Gasteiger partial charge in [0.15, 0.2) is 11.5 Å². The Labute approximate surface area is 144 Å². The van der Waals surface area contributed by atoms with Crippen LogP contribution in [0.2, 0.25) is 0 Å². The molecule has 7 heteroatoms. The predicted octanol–water partition coefficient (Wildman–Crippen LogP) is 2.31. The molecule has 4 rings (SSSR count). The normalized spacial score (nSPS) is 12.2. The van der Waals surface area contributed by atoms with Crippen LogP contribution in [0.15, 0.2) is 48.5 Å². The zero-order valence-electron chi connectivity index (χ0n) is 13.4. The van der Waals surface area contributed by atoms with Gasteiger partial charge in [-0.3, -0.25) is 15.2 Å². The molecule has 0 radical (unpaired) electrons. The van der Waals surface area contributed by atoms with E-state index in [2.05, 4.69) is 20.5 Å². The van der Waals surface area contributed by atoms with Gasteiger partial charge in [-0.05, 0) is 23.3 Å². The standard InChI is InChI=1S/C18H16N4O3/c23-17(10-13-6-7-14-15(8-13)25-11-24-14)20-18-19-16(21-22-18)9-12-4-2-1-3-5-12/h1-8H,9-11H2,(H2,19,20,21,22,23). The van der Waals surface area contributed by atoms with E-state index in [-0.39, 0.29) is 25.1 Å². The summed E-state index contributed by atoms with van der Waals surface area (Å²) in [5.74, 6) is 2.14. The highest BCUT2D eigenvalue weighted by Gasteiger charge is 2.15. The molecule has 0 atom stereocenters. The molecule has 0 saturated heterocycles. The number of H-pyrrole nitrogens is 1. The molecule has 2 aromatic carbocycles. The van der Waals surface area contributed by atoms with E-state index in [4.69, 9.17) is 9.47 Å². The van der Waals surface area contributed by atoms with Crippen molar-refractivity contribution in [2.24, 2.45) is 0 Å². The van der Waals surface area contributed by atoms with Gasteiger partial charge in [0.2, 0.25) is 18.6 Å². The summed E-state index contributed by atoms with van der Waals surface area (Å²) in [6.07, 6.45) is 0.838. The van der Waals surface area contributed by atoms with Gasteiger partial charge in [-0.1, -0.05) is 36.4 Å². The smallest absolute Gasteiger partial charge is 0.248 e. The largest absolute Gasteiger partial charge is 0.454 e. The van der Waals surface area contributed by atoms with Crippen LogP contribution in [0, 0.1) is 0 Å². The summed E-state index contributed by atoms with van der Waals surface area (Å²) in [7, 11) is 0. The van der Waals surface area contributed by atoms with Gasteiger partial charge in [-0.25, -0.2) is 0 Å². The zero-order valence-corrected chi connectivity index (χ0v) is 13.4. The lowest BCUT2D eigenvalue weighted by molar-refractivity contribution is -0.115. The fraction of sp³-hybridized carbons (Fsp3) is 0.167. The number of anilines is 1. The number of aromatic nitrogens is 3. The Balaban J connectivity index is 1.36. The van der Waals surface area contributed by atoms with Gasteiger partial charge in [-0.2, -0.15) is 4.98 Å². The molecule has 25 heavy (non-hydrogen) atoms. The molecule has 0 unspecified atom stereocenters. The molecule has 126 valence electrons. The van der Waals surface area contributed by atoms with Crippen LogP contribution in [0.5, 0.6) is 11.5 Å². The summed E-state index contributed by atoms with van der Waals surface area (Å²) in [6, 6.07) is 15.4. The summed E-state index contributed by atoms with van der Waals surface area (Å²) < 4.78 is 10.6. The second-order valence-electron chi connectivity index (χ2n) is 5.68. The molecule has 3 aromatic rings. The lowest BCUT2D eigenvalue weighted by atomic mass is 10.1. The third kappa shape index (κ3) is 3.60. The lowest BCUT2D eigenvalue weighted by Gasteiger charge is -2.03. The molecule has 1 aliphatic heterocycles. The average molecular weight is 336 g/mol. The number of amides is 1. The van der Waals surface area contributed by atoms with Gasteiger partial charge in [-0.15, -0.1) is 5.10 Å². The minimum Gasteiger partial charge on any atom is -0.454 e. The number of hydrogen-bond donors (Lipinski definition) is 2. The Morgan fingerprint density at radius 2 is 1.92 bits per heavy atom. The van der Waals surface area contributed by atoms with E-state index in [1.807, 2.05) is 36.4 Å². The topological polar surface area (TPSA) is 89.1 Å². The highest BCUT2D eigenvalue weighted by Crippen LogP contribution is 2.32. The van der Waals surface area contributed by atoms with E-state index in [1.54, 1.807) is 12.1 Å². The Kier molecular flexibility index (Phi) is 4.04. The SMILES string of the molecule is O=C(Cc1ccc2c(c1)OCO2)Nc1n[nH]c(Cc2ccccc2)n1. The van der Waals surface area contributed by atoms with Gasteiger partial charge in [0, 0.05) is 6.42 Å². The van der Waals surface area contributed by atoms with Crippen molar-refractivity contribution in [3.8, 4) is 11.5 Å². The minimum atomic E-state index is -0.191. The number of hydrogen-bond acceptors (Lipinski definition) is 5.